The molecule has 0 fully saturated rings. The minimum atomic E-state index is 0.636. The summed E-state index contributed by atoms with van der Waals surface area (Å²) in [5, 5.41) is 7.94. The molecule has 0 spiro atoms. The molecule has 0 N–H and O–H groups in total. The van der Waals surface area contributed by atoms with Gasteiger partial charge in [-0.05, 0) is 12.5 Å². The van der Waals surface area contributed by atoms with E-state index < -0.39 is 0 Å². The van der Waals surface area contributed by atoms with Crippen molar-refractivity contribution in [3.63, 3.8) is 0 Å². The molecule has 0 radical (unpaired) electrons. The van der Waals surface area contributed by atoms with E-state index in [0.29, 0.717) is 5.78 Å². The van der Waals surface area contributed by atoms with Crippen LogP contribution in [0, 0.1) is 6.92 Å². The molecule has 0 saturated carbocycles. The number of nitrogens with zero attached hydrogens (tertiary/aromatic N) is 4. The van der Waals surface area contributed by atoms with Crippen LogP contribution in [0.1, 0.15) is 5.82 Å². The molecule has 2 aromatic heterocycles. The van der Waals surface area contributed by atoms with Crippen molar-refractivity contribution in [3.05, 3.63) is 48.5 Å². The maximum atomic E-state index is 4.27. The Bertz CT molecular complexity index is 628. The number of hydrogen-bond acceptors (Lipinski definition) is 3. The van der Waals surface area contributed by atoms with Gasteiger partial charge in [-0.3, -0.25) is 4.40 Å². The van der Waals surface area contributed by atoms with Crippen molar-refractivity contribution in [3.8, 4) is 11.1 Å². The highest BCUT2D eigenvalue weighted by Crippen LogP contribution is 2.17. The van der Waals surface area contributed by atoms with Crippen LogP contribution in [-0.2, 0) is 0 Å². The van der Waals surface area contributed by atoms with Crippen molar-refractivity contribution in [2.75, 3.05) is 0 Å². The Morgan fingerprint density at radius 3 is 2.62 bits per heavy atom. The molecule has 16 heavy (non-hydrogen) atoms. The van der Waals surface area contributed by atoms with Crippen molar-refractivity contribution in [2.24, 2.45) is 0 Å². The van der Waals surface area contributed by atoms with E-state index in [1.54, 1.807) is 0 Å². The molecule has 1 aromatic carbocycles. The maximum absolute atomic E-state index is 4.27. The van der Waals surface area contributed by atoms with Crippen molar-refractivity contribution in [2.45, 2.75) is 6.92 Å². The first-order valence-corrected chi connectivity index (χ1v) is 5.07. The molecule has 0 aliphatic carbocycles. The predicted molar refractivity (Wildman–Crippen MR) is 61.0 cm³/mol. The average molecular weight is 210 g/mol. The van der Waals surface area contributed by atoms with Gasteiger partial charge in [-0.1, -0.05) is 30.3 Å². The minimum absolute atomic E-state index is 0.636. The third kappa shape index (κ3) is 1.35. The van der Waals surface area contributed by atoms with E-state index in [1.807, 2.05) is 41.9 Å². The van der Waals surface area contributed by atoms with Gasteiger partial charge in [0.2, 0.25) is 0 Å². The number of hydrogen-bond donors (Lipinski definition) is 0. The third-order valence-electron chi connectivity index (χ3n) is 2.54. The normalized spacial score (nSPS) is 10.8. The Labute approximate surface area is 92.6 Å². The molecule has 0 atom stereocenters. The van der Waals surface area contributed by atoms with Crippen LogP contribution in [0.3, 0.4) is 0 Å². The molecule has 0 aliphatic heterocycles. The van der Waals surface area contributed by atoms with Crippen molar-refractivity contribution in [1.29, 1.82) is 0 Å². The van der Waals surface area contributed by atoms with Crippen LogP contribution in [0.25, 0.3) is 16.9 Å². The number of aromatic nitrogens is 4. The first-order valence-electron chi connectivity index (χ1n) is 5.07. The van der Waals surface area contributed by atoms with Crippen molar-refractivity contribution < 1.29 is 0 Å². The SMILES string of the molecule is Cc1nnc2ncc(-c3ccccc3)cn12. The number of rotatable bonds is 1. The Kier molecular flexibility index (Phi) is 1.93. The maximum Gasteiger partial charge on any atom is 0.254 e. The van der Waals surface area contributed by atoms with Crippen LogP contribution in [0.2, 0.25) is 0 Å². The van der Waals surface area contributed by atoms with Gasteiger partial charge in [0, 0.05) is 18.0 Å². The summed E-state index contributed by atoms with van der Waals surface area (Å²) < 4.78 is 1.89. The quantitative estimate of drug-likeness (QED) is 0.617. The van der Waals surface area contributed by atoms with E-state index in [-0.39, 0.29) is 0 Å². The Morgan fingerprint density at radius 1 is 1.00 bits per heavy atom. The summed E-state index contributed by atoms with van der Waals surface area (Å²) in [5.41, 5.74) is 2.21. The van der Waals surface area contributed by atoms with E-state index in [4.69, 9.17) is 0 Å². The molecule has 2 heterocycles. The second-order valence-electron chi connectivity index (χ2n) is 3.63. The fourth-order valence-electron chi connectivity index (χ4n) is 1.68. The van der Waals surface area contributed by atoms with Gasteiger partial charge in [0.05, 0.1) is 0 Å². The summed E-state index contributed by atoms with van der Waals surface area (Å²) in [4.78, 5) is 4.27. The van der Waals surface area contributed by atoms with Crippen LogP contribution >= 0.6 is 0 Å². The Hall–Kier alpha value is -2.23. The smallest absolute Gasteiger partial charge is 0.254 e. The van der Waals surface area contributed by atoms with Crippen LogP contribution < -0.4 is 0 Å². The summed E-state index contributed by atoms with van der Waals surface area (Å²) in [6.45, 7) is 1.91. The standard InChI is InChI=1S/C12H10N4/c1-9-14-15-12-13-7-11(8-16(9)12)10-5-3-2-4-6-10/h2-8H,1H3. The van der Waals surface area contributed by atoms with E-state index in [1.165, 1.54) is 0 Å². The lowest BCUT2D eigenvalue weighted by Crippen LogP contribution is -1.92. The molecule has 0 bridgehead atoms. The summed E-state index contributed by atoms with van der Waals surface area (Å²) in [7, 11) is 0. The first kappa shape index (κ1) is 9.03. The van der Waals surface area contributed by atoms with Gasteiger partial charge in [0.25, 0.3) is 5.78 Å². The highest BCUT2D eigenvalue weighted by atomic mass is 15.3. The second kappa shape index (κ2) is 3.41. The highest BCUT2D eigenvalue weighted by Gasteiger charge is 2.03. The summed E-state index contributed by atoms with van der Waals surface area (Å²) in [6.07, 6.45) is 3.83. The molecular formula is C12H10N4. The van der Waals surface area contributed by atoms with Crippen LogP contribution in [0.5, 0.6) is 0 Å². The molecule has 3 rings (SSSR count). The zero-order valence-electron chi connectivity index (χ0n) is 8.83. The van der Waals surface area contributed by atoms with E-state index >= 15 is 0 Å². The zero-order valence-corrected chi connectivity index (χ0v) is 8.83. The fourth-order valence-corrected chi connectivity index (χ4v) is 1.68. The topological polar surface area (TPSA) is 43.1 Å². The lowest BCUT2D eigenvalue weighted by atomic mass is 10.1. The zero-order chi connectivity index (χ0) is 11.0. The van der Waals surface area contributed by atoms with Crippen LogP contribution in [0.4, 0.5) is 0 Å². The van der Waals surface area contributed by atoms with Gasteiger partial charge in [0.1, 0.15) is 5.82 Å². The van der Waals surface area contributed by atoms with Crippen molar-refractivity contribution >= 4 is 5.78 Å². The molecule has 4 nitrogen and oxygen atoms in total. The molecule has 0 amide bonds. The summed E-state index contributed by atoms with van der Waals surface area (Å²) in [6, 6.07) is 10.1. The molecule has 3 aromatic rings. The van der Waals surface area contributed by atoms with E-state index in [2.05, 4.69) is 27.3 Å². The largest absolute Gasteiger partial charge is 0.270 e. The summed E-state index contributed by atoms with van der Waals surface area (Å²) >= 11 is 0. The molecule has 0 saturated heterocycles. The predicted octanol–water partition coefficient (Wildman–Crippen LogP) is 2.10. The monoisotopic (exact) mass is 210 g/mol. The molecule has 4 heteroatoms. The van der Waals surface area contributed by atoms with E-state index in [0.717, 1.165) is 17.0 Å². The minimum Gasteiger partial charge on any atom is -0.270 e. The lowest BCUT2D eigenvalue weighted by molar-refractivity contribution is 1.01. The molecule has 0 unspecified atom stereocenters. The van der Waals surface area contributed by atoms with Crippen LogP contribution in [0.15, 0.2) is 42.7 Å². The third-order valence-corrected chi connectivity index (χ3v) is 2.54. The first-order chi connectivity index (χ1) is 7.84. The fraction of sp³-hybridized carbons (Fsp3) is 0.0833. The molecule has 78 valence electrons. The van der Waals surface area contributed by atoms with Gasteiger partial charge in [-0.15, -0.1) is 10.2 Å². The Morgan fingerprint density at radius 2 is 1.81 bits per heavy atom. The Balaban J connectivity index is 2.22. The highest BCUT2D eigenvalue weighted by molar-refractivity contribution is 5.62. The summed E-state index contributed by atoms with van der Waals surface area (Å²) in [5.74, 6) is 1.48. The van der Waals surface area contributed by atoms with E-state index in [9.17, 15) is 0 Å². The van der Waals surface area contributed by atoms with Gasteiger partial charge in [-0.2, -0.15) is 0 Å². The number of benzene rings is 1. The molecular weight excluding hydrogens is 200 g/mol. The second-order valence-corrected chi connectivity index (χ2v) is 3.63. The molecule has 0 aliphatic rings. The number of fused-ring (bicyclic) bond motifs is 1. The lowest BCUT2D eigenvalue weighted by Gasteiger charge is -2.01. The van der Waals surface area contributed by atoms with Gasteiger partial charge >= 0.3 is 0 Å². The van der Waals surface area contributed by atoms with Gasteiger partial charge in [0.15, 0.2) is 0 Å². The average Bonchev–Trinajstić information content (AvgIpc) is 2.72. The van der Waals surface area contributed by atoms with Crippen LogP contribution in [-0.4, -0.2) is 19.6 Å². The van der Waals surface area contributed by atoms with Crippen molar-refractivity contribution in [1.82, 2.24) is 19.6 Å². The van der Waals surface area contributed by atoms with Gasteiger partial charge < -0.3 is 0 Å². The number of aryl methyl sites for hydroxylation is 1. The van der Waals surface area contributed by atoms with Gasteiger partial charge in [-0.25, -0.2) is 4.98 Å².